The van der Waals surface area contributed by atoms with Crippen molar-refractivity contribution in [3.8, 4) is 0 Å². The summed E-state index contributed by atoms with van der Waals surface area (Å²) in [6, 6.07) is 9.62. The molecule has 0 spiro atoms. The summed E-state index contributed by atoms with van der Waals surface area (Å²) in [5, 5.41) is 0. The molecule has 1 atom stereocenters. The Labute approximate surface area is 141 Å². The summed E-state index contributed by atoms with van der Waals surface area (Å²) in [6.07, 6.45) is 2.95. The number of furan rings is 1. The summed E-state index contributed by atoms with van der Waals surface area (Å²) in [7, 11) is -3.58. The van der Waals surface area contributed by atoms with Gasteiger partial charge in [-0.15, -0.1) is 0 Å². The van der Waals surface area contributed by atoms with E-state index in [4.69, 9.17) is 4.42 Å². The molecule has 3 rings (SSSR count). The van der Waals surface area contributed by atoms with Crippen LogP contribution in [0.4, 0.5) is 0 Å². The minimum absolute atomic E-state index is 0.121. The predicted octanol–water partition coefficient (Wildman–Crippen LogP) is 2.17. The fourth-order valence-corrected chi connectivity index (χ4v) is 4.20. The molecule has 6 nitrogen and oxygen atoms in total. The summed E-state index contributed by atoms with van der Waals surface area (Å²) < 4.78 is 32.8. The maximum absolute atomic E-state index is 12.6. The Morgan fingerprint density at radius 1 is 1.25 bits per heavy atom. The van der Waals surface area contributed by atoms with Gasteiger partial charge in [0.2, 0.25) is 10.0 Å². The van der Waals surface area contributed by atoms with Crippen molar-refractivity contribution in [1.82, 2.24) is 9.62 Å². The van der Waals surface area contributed by atoms with Crippen LogP contribution < -0.4 is 4.72 Å². The number of benzene rings is 1. The van der Waals surface area contributed by atoms with Crippen LogP contribution >= 0.6 is 0 Å². The number of piperidine rings is 1. The molecule has 0 unspecified atom stereocenters. The van der Waals surface area contributed by atoms with Crippen LogP contribution in [0.2, 0.25) is 0 Å². The van der Waals surface area contributed by atoms with Gasteiger partial charge in [-0.05, 0) is 38.0 Å². The second kappa shape index (κ2) is 6.78. The molecule has 0 bridgehead atoms. The zero-order valence-electron chi connectivity index (χ0n) is 13.4. The molecule has 1 saturated heterocycles. The first kappa shape index (κ1) is 16.7. The van der Waals surface area contributed by atoms with Crippen molar-refractivity contribution in [2.75, 3.05) is 13.1 Å². The van der Waals surface area contributed by atoms with E-state index in [1.165, 1.54) is 6.26 Å². The lowest BCUT2D eigenvalue weighted by Gasteiger charge is -2.33. The van der Waals surface area contributed by atoms with Gasteiger partial charge in [0, 0.05) is 19.1 Å². The zero-order valence-corrected chi connectivity index (χ0v) is 14.3. The molecule has 1 amide bonds. The van der Waals surface area contributed by atoms with Gasteiger partial charge < -0.3 is 9.32 Å². The molecular formula is C17H20N2O4S. The monoisotopic (exact) mass is 348 g/mol. The Hall–Kier alpha value is -2.12. The van der Waals surface area contributed by atoms with E-state index in [0.29, 0.717) is 30.8 Å². The van der Waals surface area contributed by atoms with Crippen LogP contribution in [0.5, 0.6) is 0 Å². The molecular weight excluding hydrogens is 328 g/mol. The molecule has 1 N–H and O–H groups in total. The van der Waals surface area contributed by atoms with E-state index in [-0.39, 0.29) is 16.8 Å². The number of nitrogens with zero attached hydrogens (tertiary/aromatic N) is 1. The highest BCUT2D eigenvalue weighted by Gasteiger charge is 2.29. The fourth-order valence-electron chi connectivity index (χ4n) is 2.92. The van der Waals surface area contributed by atoms with Crippen molar-refractivity contribution in [1.29, 1.82) is 0 Å². The molecule has 0 saturated carbocycles. The first-order chi connectivity index (χ1) is 11.5. The van der Waals surface area contributed by atoms with Crippen molar-refractivity contribution >= 4 is 15.9 Å². The highest BCUT2D eigenvalue weighted by Crippen LogP contribution is 2.18. The Balaban J connectivity index is 1.70. The van der Waals surface area contributed by atoms with Crippen LogP contribution in [-0.2, 0) is 10.0 Å². The number of carbonyl (C=O) groups excluding carboxylic acids is 1. The standard InChI is InChI=1S/C17H20N2O4S/c1-13-16(9-11-23-13)17(20)19-10-5-6-14(12-19)18-24(21,22)15-7-3-2-4-8-15/h2-4,7-9,11,14,18H,5-6,10,12H2,1H3/t14-/m0/s1. The lowest BCUT2D eigenvalue weighted by atomic mass is 10.1. The van der Waals surface area contributed by atoms with Crippen molar-refractivity contribution in [2.45, 2.75) is 30.7 Å². The molecule has 0 radical (unpaired) electrons. The molecule has 1 aromatic heterocycles. The lowest BCUT2D eigenvalue weighted by Crippen LogP contribution is -2.49. The average Bonchev–Trinajstić information content (AvgIpc) is 3.01. The number of carbonyl (C=O) groups is 1. The van der Waals surface area contributed by atoms with E-state index in [9.17, 15) is 13.2 Å². The van der Waals surface area contributed by atoms with E-state index in [1.807, 2.05) is 0 Å². The van der Waals surface area contributed by atoms with Gasteiger partial charge in [0.25, 0.3) is 5.91 Å². The molecule has 1 aliphatic heterocycles. The van der Waals surface area contributed by atoms with Gasteiger partial charge in [-0.1, -0.05) is 18.2 Å². The Morgan fingerprint density at radius 2 is 2.00 bits per heavy atom. The quantitative estimate of drug-likeness (QED) is 0.918. The van der Waals surface area contributed by atoms with Crippen molar-refractivity contribution in [2.24, 2.45) is 0 Å². The van der Waals surface area contributed by atoms with E-state index in [0.717, 1.165) is 6.42 Å². The van der Waals surface area contributed by atoms with Gasteiger partial charge in [0.1, 0.15) is 5.76 Å². The second-order valence-corrected chi connectivity index (χ2v) is 7.63. The number of aryl methyl sites for hydroxylation is 1. The molecule has 0 aliphatic carbocycles. The number of hydrogen-bond donors (Lipinski definition) is 1. The van der Waals surface area contributed by atoms with Gasteiger partial charge in [-0.25, -0.2) is 13.1 Å². The minimum Gasteiger partial charge on any atom is -0.469 e. The molecule has 1 fully saturated rings. The fraction of sp³-hybridized carbons (Fsp3) is 0.353. The van der Waals surface area contributed by atoms with E-state index in [1.54, 1.807) is 48.2 Å². The topological polar surface area (TPSA) is 79.6 Å². The molecule has 1 aliphatic rings. The van der Waals surface area contributed by atoms with E-state index >= 15 is 0 Å². The molecule has 24 heavy (non-hydrogen) atoms. The zero-order chi connectivity index (χ0) is 17.2. The van der Waals surface area contributed by atoms with Gasteiger partial charge in [0.05, 0.1) is 16.7 Å². The Bertz CT molecular complexity index is 814. The predicted molar refractivity (Wildman–Crippen MR) is 89.1 cm³/mol. The molecule has 128 valence electrons. The molecule has 7 heteroatoms. The summed E-state index contributed by atoms with van der Waals surface area (Å²) in [5.74, 6) is 0.455. The van der Waals surface area contributed by atoms with Crippen molar-refractivity contribution in [3.63, 3.8) is 0 Å². The molecule has 2 heterocycles. The number of sulfonamides is 1. The SMILES string of the molecule is Cc1occc1C(=O)N1CCC[C@H](NS(=O)(=O)c2ccccc2)C1. The number of hydrogen-bond acceptors (Lipinski definition) is 4. The van der Waals surface area contributed by atoms with Gasteiger partial charge >= 0.3 is 0 Å². The van der Waals surface area contributed by atoms with Crippen molar-refractivity contribution in [3.05, 3.63) is 54.0 Å². The third-order valence-corrected chi connectivity index (χ3v) is 5.71. The van der Waals surface area contributed by atoms with E-state index < -0.39 is 10.0 Å². The van der Waals surface area contributed by atoms with Crippen LogP contribution in [0, 0.1) is 6.92 Å². The van der Waals surface area contributed by atoms with Gasteiger partial charge in [-0.3, -0.25) is 4.79 Å². The third-order valence-electron chi connectivity index (χ3n) is 4.17. The molecule has 2 aromatic rings. The summed E-state index contributed by atoms with van der Waals surface area (Å²) in [5.41, 5.74) is 0.529. The van der Waals surface area contributed by atoms with Crippen LogP contribution in [0.25, 0.3) is 0 Å². The van der Waals surface area contributed by atoms with Gasteiger partial charge in [0.15, 0.2) is 0 Å². The number of likely N-dealkylation sites (tertiary alicyclic amines) is 1. The number of nitrogens with one attached hydrogen (secondary N) is 1. The minimum atomic E-state index is -3.58. The molecule has 1 aromatic carbocycles. The maximum Gasteiger partial charge on any atom is 0.257 e. The smallest absolute Gasteiger partial charge is 0.257 e. The van der Waals surface area contributed by atoms with Crippen LogP contribution in [-0.4, -0.2) is 38.4 Å². The third kappa shape index (κ3) is 3.52. The highest BCUT2D eigenvalue weighted by molar-refractivity contribution is 7.89. The Kier molecular flexibility index (Phi) is 4.73. The van der Waals surface area contributed by atoms with Crippen LogP contribution in [0.3, 0.4) is 0 Å². The summed E-state index contributed by atoms with van der Waals surface area (Å²) in [6.45, 7) is 2.72. The number of rotatable bonds is 4. The van der Waals surface area contributed by atoms with Crippen LogP contribution in [0.1, 0.15) is 29.0 Å². The van der Waals surface area contributed by atoms with Crippen molar-refractivity contribution < 1.29 is 17.6 Å². The normalized spacial score (nSPS) is 18.5. The van der Waals surface area contributed by atoms with Crippen LogP contribution in [0.15, 0.2) is 52.0 Å². The lowest BCUT2D eigenvalue weighted by molar-refractivity contribution is 0.0701. The first-order valence-electron chi connectivity index (χ1n) is 7.88. The maximum atomic E-state index is 12.6. The first-order valence-corrected chi connectivity index (χ1v) is 9.36. The Morgan fingerprint density at radius 3 is 2.67 bits per heavy atom. The van der Waals surface area contributed by atoms with Gasteiger partial charge in [-0.2, -0.15) is 0 Å². The van der Waals surface area contributed by atoms with E-state index in [2.05, 4.69) is 4.72 Å². The second-order valence-electron chi connectivity index (χ2n) is 5.92. The summed E-state index contributed by atoms with van der Waals surface area (Å²) in [4.78, 5) is 14.5. The summed E-state index contributed by atoms with van der Waals surface area (Å²) >= 11 is 0. The number of amides is 1. The highest BCUT2D eigenvalue weighted by atomic mass is 32.2. The average molecular weight is 348 g/mol. The largest absolute Gasteiger partial charge is 0.469 e.